The molecule has 90 valence electrons. The van der Waals surface area contributed by atoms with Gasteiger partial charge in [0.15, 0.2) is 0 Å². The maximum absolute atomic E-state index is 10.6. The zero-order valence-electron chi connectivity index (χ0n) is 8.91. The summed E-state index contributed by atoms with van der Waals surface area (Å²) in [6, 6.07) is 4.29. The largest absolute Gasteiger partial charge is 0.395 e. The van der Waals surface area contributed by atoms with E-state index in [1.165, 1.54) is 12.1 Å². The Bertz CT molecular complexity index is 564. The molecule has 0 saturated heterocycles. The first-order chi connectivity index (χ1) is 8.17. The Kier molecular flexibility index (Phi) is 3.03. The van der Waals surface area contributed by atoms with E-state index >= 15 is 0 Å². The van der Waals surface area contributed by atoms with Crippen molar-refractivity contribution in [3.05, 3.63) is 34.1 Å². The van der Waals surface area contributed by atoms with E-state index in [0.717, 1.165) is 0 Å². The van der Waals surface area contributed by atoms with Crippen LogP contribution >= 0.6 is 0 Å². The molecule has 0 bridgehead atoms. The van der Waals surface area contributed by atoms with E-state index in [-0.39, 0.29) is 18.9 Å². The first-order valence-electron chi connectivity index (χ1n) is 5.02. The highest BCUT2D eigenvalue weighted by atomic mass is 16.6. The normalized spacial score (nSPS) is 10.9. The molecule has 1 aromatic carbocycles. The van der Waals surface area contributed by atoms with Gasteiger partial charge in [0.1, 0.15) is 12.4 Å². The average molecular weight is 237 g/mol. The predicted molar refractivity (Wildman–Crippen MR) is 59.4 cm³/mol. The molecule has 0 unspecified atom stereocenters. The number of benzene rings is 1. The SMILES string of the molecule is O=[N+]([O-])c1ccc2c(c1)nc(CO)n2CCO. The van der Waals surface area contributed by atoms with Gasteiger partial charge >= 0.3 is 0 Å². The number of rotatable bonds is 4. The van der Waals surface area contributed by atoms with E-state index in [4.69, 9.17) is 10.2 Å². The molecule has 0 aliphatic rings. The summed E-state index contributed by atoms with van der Waals surface area (Å²) in [5.74, 6) is 0.384. The van der Waals surface area contributed by atoms with Crippen molar-refractivity contribution in [1.29, 1.82) is 0 Å². The average Bonchev–Trinajstić information content (AvgIpc) is 2.67. The van der Waals surface area contributed by atoms with Gasteiger partial charge in [-0.3, -0.25) is 10.1 Å². The van der Waals surface area contributed by atoms with Gasteiger partial charge in [0.05, 0.1) is 22.6 Å². The number of nitro benzene ring substituents is 1. The molecule has 1 aromatic heterocycles. The van der Waals surface area contributed by atoms with Gasteiger partial charge in [-0.1, -0.05) is 0 Å². The van der Waals surface area contributed by atoms with Crippen LogP contribution in [0.3, 0.4) is 0 Å². The lowest BCUT2D eigenvalue weighted by Gasteiger charge is -2.04. The zero-order chi connectivity index (χ0) is 12.4. The van der Waals surface area contributed by atoms with Crippen LogP contribution in [0, 0.1) is 10.1 Å². The Labute approximate surface area is 96.1 Å². The van der Waals surface area contributed by atoms with Gasteiger partial charge in [-0.2, -0.15) is 0 Å². The number of aliphatic hydroxyl groups excluding tert-OH is 2. The summed E-state index contributed by atoms with van der Waals surface area (Å²) in [5.41, 5.74) is 1.06. The molecule has 2 rings (SSSR count). The standard InChI is InChI=1S/C10H11N3O4/c14-4-3-12-9-2-1-7(13(16)17)5-8(9)11-10(12)6-15/h1-2,5,14-15H,3-4,6H2. The zero-order valence-corrected chi connectivity index (χ0v) is 8.91. The maximum atomic E-state index is 10.6. The van der Waals surface area contributed by atoms with E-state index in [1.54, 1.807) is 10.6 Å². The molecule has 1 heterocycles. The molecule has 0 atom stereocenters. The second kappa shape index (κ2) is 4.48. The van der Waals surface area contributed by atoms with Crippen LogP contribution < -0.4 is 0 Å². The molecular weight excluding hydrogens is 226 g/mol. The third kappa shape index (κ3) is 1.97. The molecule has 0 radical (unpaired) electrons. The van der Waals surface area contributed by atoms with Crippen LogP contribution in [-0.2, 0) is 13.2 Å². The minimum absolute atomic E-state index is 0.0457. The van der Waals surface area contributed by atoms with Crippen molar-refractivity contribution in [3.8, 4) is 0 Å². The van der Waals surface area contributed by atoms with Crippen molar-refractivity contribution in [2.24, 2.45) is 0 Å². The molecule has 0 fully saturated rings. The summed E-state index contributed by atoms with van der Waals surface area (Å²) in [4.78, 5) is 14.2. The van der Waals surface area contributed by atoms with Crippen molar-refractivity contribution in [1.82, 2.24) is 9.55 Å². The Balaban J connectivity index is 2.61. The summed E-state index contributed by atoms with van der Waals surface area (Å²) in [5, 5.41) is 28.7. The van der Waals surface area contributed by atoms with E-state index in [0.29, 0.717) is 23.4 Å². The minimum Gasteiger partial charge on any atom is -0.395 e. The number of nitro groups is 1. The number of aromatic nitrogens is 2. The number of hydrogen-bond donors (Lipinski definition) is 2. The first kappa shape index (κ1) is 11.5. The Morgan fingerprint density at radius 1 is 1.41 bits per heavy atom. The van der Waals surface area contributed by atoms with E-state index in [2.05, 4.69) is 4.98 Å². The third-order valence-corrected chi connectivity index (χ3v) is 2.49. The van der Waals surface area contributed by atoms with Crippen molar-refractivity contribution < 1.29 is 15.1 Å². The fourth-order valence-electron chi connectivity index (χ4n) is 1.75. The number of aliphatic hydroxyl groups is 2. The number of fused-ring (bicyclic) bond motifs is 1. The van der Waals surface area contributed by atoms with E-state index in [9.17, 15) is 10.1 Å². The molecule has 7 nitrogen and oxygen atoms in total. The molecule has 17 heavy (non-hydrogen) atoms. The topological polar surface area (TPSA) is 101 Å². The Morgan fingerprint density at radius 2 is 2.18 bits per heavy atom. The number of non-ortho nitro benzene ring substituents is 1. The Hall–Kier alpha value is -1.99. The van der Waals surface area contributed by atoms with Crippen molar-refractivity contribution >= 4 is 16.7 Å². The summed E-state index contributed by atoms with van der Waals surface area (Å²) >= 11 is 0. The molecule has 0 aliphatic carbocycles. The maximum Gasteiger partial charge on any atom is 0.271 e. The van der Waals surface area contributed by atoms with Crippen molar-refractivity contribution in [3.63, 3.8) is 0 Å². The van der Waals surface area contributed by atoms with Gasteiger partial charge in [0.2, 0.25) is 0 Å². The highest BCUT2D eigenvalue weighted by Gasteiger charge is 2.13. The highest BCUT2D eigenvalue weighted by molar-refractivity contribution is 5.78. The van der Waals surface area contributed by atoms with E-state index in [1.807, 2.05) is 0 Å². The van der Waals surface area contributed by atoms with Crippen LogP contribution in [0.15, 0.2) is 18.2 Å². The van der Waals surface area contributed by atoms with Crippen molar-refractivity contribution in [2.75, 3.05) is 6.61 Å². The van der Waals surface area contributed by atoms with Crippen LogP contribution in [-0.4, -0.2) is 31.3 Å². The lowest BCUT2D eigenvalue weighted by molar-refractivity contribution is -0.384. The van der Waals surface area contributed by atoms with Gasteiger partial charge in [-0.05, 0) is 6.07 Å². The number of hydrogen-bond acceptors (Lipinski definition) is 5. The van der Waals surface area contributed by atoms with Crippen molar-refractivity contribution in [2.45, 2.75) is 13.2 Å². The monoisotopic (exact) mass is 237 g/mol. The van der Waals surface area contributed by atoms with Gasteiger partial charge < -0.3 is 14.8 Å². The summed E-state index contributed by atoms with van der Waals surface area (Å²) < 4.78 is 1.64. The lowest BCUT2D eigenvalue weighted by Crippen LogP contribution is -2.06. The second-order valence-electron chi connectivity index (χ2n) is 3.49. The molecule has 0 amide bonds. The lowest BCUT2D eigenvalue weighted by atomic mass is 10.3. The number of imidazole rings is 1. The molecular formula is C10H11N3O4. The summed E-state index contributed by atoms with van der Waals surface area (Å²) in [6.45, 7) is -0.0673. The van der Waals surface area contributed by atoms with E-state index < -0.39 is 4.92 Å². The van der Waals surface area contributed by atoms with Gasteiger partial charge in [-0.15, -0.1) is 0 Å². The third-order valence-electron chi connectivity index (χ3n) is 2.49. The first-order valence-corrected chi connectivity index (χ1v) is 5.02. The molecule has 0 saturated carbocycles. The second-order valence-corrected chi connectivity index (χ2v) is 3.49. The van der Waals surface area contributed by atoms with Crippen LogP contribution in [0.5, 0.6) is 0 Å². The highest BCUT2D eigenvalue weighted by Crippen LogP contribution is 2.21. The molecule has 2 aromatic rings. The summed E-state index contributed by atoms with van der Waals surface area (Å²) in [7, 11) is 0. The molecule has 7 heteroatoms. The van der Waals surface area contributed by atoms with Gasteiger partial charge in [0.25, 0.3) is 5.69 Å². The molecule has 0 spiro atoms. The van der Waals surface area contributed by atoms with Crippen LogP contribution in [0.2, 0.25) is 0 Å². The molecule has 2 N–H and O–H groups in total. The van der Waals surface area contributed by atoms with Crippen LogP contribution in [0.4, 0.5) is 5.69 Å². The van der Waals surface area contributed by atoms with Crippen LogP contribution in [0.25, 0.3) is 11.0 Å². The Morgan fingerprint density at radius 3 is 2.76 bits per heavy atom. The fraction of sp³-hybridized carbons (Fsp3) is 0.300. The molecule has 0 aliphatic heterocycles. The summed E-state index contributed by atoms with van der Waals surface area (Å²) in [6.07, 6.45) is 0. The quantitative estimate of drug-likeness (QED) is 0.593. The predicted octanol–water partition coefficient (Wildman–Crippen LogP) is 0.429. The van der Waals surface area contributed by atoms with Crippen LogP contribution in [0.1, 0.15) is 5.82 Å². The smallest absolute Gasteiger partial charge is 0.271 e. The number of nitrogens with zero attached hydrogens (tertiary/aromatic N) is 3. The van der Waals surface area contributed by atoms with Gasteiger partial charge in [-0.25, -0.2) is 4.98 Å². The minimum atomic E-state index is -0.497. The van der Waals surface area contributed by atoms with Gasteiger partial charge in [0, 0.05) is 18.7 Å². The fourth-order valence-corrected chi connectivity index (χ4v) is 1.75.